The summed E-state index contributed by atoms with van der Waals surface area (Å²) in [6.07, 6.45) is 1.19. The number of hydrogen-bond acceptors (Lipinski definition) is 3. The molecule has 114 valence electrons. The molecule has 2 aromatic carbocycles. The first-order chi connectivity index (χ1) is 10.7. The van der Waals surface area contributed by atoms with Crippen molar-refractivity contribution in [1.29, 1.82) is 0 Å². The Morgan fingerprint density at radius 2 is 2.00 bits per heavy atom. The lowest BCUT2D eigenvalue weighted by Gasteiger charge is -2.33. The normalized spacial score (nSPS) is 17.2. The number of benzene rings is 2. The van der Waals surface area contributed by atoms with Crippen LogP contribution in [0.2, 0.25) is 0 Å². The monoisotopic (exact) mass is 295 g/mol. The average molecular weight is 295 g/mol. The SMILES string of the molecule is CCc1ccc2c(c1)C(O)CCN2CC(=O)c1ccccc1. The van der Waals surface area contributed by atoms with Gasteiger partial charge in [0.15, 0.2) is 5.78 Å². The van der Waals surface area contributed by atoms with E-state index >= 15 is 0 Å². The van der Waals surface area contributed by atoms with Crippen molar-refractivity contribution in [1.82, 2.24) is 0 Å². The quantitative estimate of drug-likeness (QED) is 0.879. The van der Waals surface area contributed by atoms with Gasteiger partial charge in [-0.05, 0) is 24.5 Å². The highest BCUT2D eigenvalue weighted by Crippen LogP contribution is 2.34. The standard InChI is InChI=1S/C19H21NO2/c1-2-14-8-9-17-16(12-14)18(21)10-11-20(17)13-19(22)15-6-4-3-5-7-15/h3-9,12,18,21H,2,10-11,13H2,1H3. The van der Waals surface area contributed by atoms with Crippen molar-refractivity contribution in [2.45, 2.75) is 25.9 Å². The number of aliphatic hydroxyl groups is 1. The van der Waals surface area contributed by atoms with Crippen LogP contribution in [-0.2, 0) is 6.42 Å². The minimum atomic E-state index is -0.426. The van der Waals surface area contributed by atoms with Crippen LogP contribution in [-0.4, -0.2) is 24.0 Å². The molecular formula is C19H21NO2. The highest BCUT2D eigenvalue weighted by Gasteiger charge is 2.25. The molecule has 1 unspecified atom stereocenters. The molecule has 22 heavy (non-hydrogen) atoms. The number of nitrogens with zero attached hydrogens (tertiary/aromatic N) is 1. The van der Waals surface area contributed by atoms with Crippen LogP contribution in [0, 0.1) is 0 Å². The molecule has 0 bridgehead atoms. The summed E-state index contributed by atoms with van der Waals surface area (Å²) in [6, 6.07) is 15.6. The van der Waals surface area contributed by atoms with Gasteiger partial charge in [-0.3, -0.25) is 4.79 Å². The zero-order valence-electron chi connectivity index (χ0n) is 12.8. The number of hydrogen-bond donors (Lipinski definition) is 1. The first-order valence-corrected chi connectivity index (χ1v) is 7.83. The fraction of sp³-hybridized carbons (Fsp3) is 0.316. The molecule has 1 heterocycles. The summed E-state index contributed by atoms with van der Waals surface area (Å²) in [5, 5.41) is 10.2. The van der Waals surface area contributed by atoms with E-state index in [1.54, 1.807) is 0 Å². The molecular weight excluding hydrogens is 274 g/mol. The van der Waals surface area contributed by atoms with Crippen LogP contribution < -0.4 is 4.90 Å². The molecule has 0 saturated carbocycles. The van der Waals surface area contributed by atoms with Crippen molar-refractivity contribution in [2.75, 3.05) is 18.0 Å². The lowest BCUT2D eigenvalue weighted by molar-refractivity contribution is 0.0994. The Morgan fingerprint density at radius 1 is 1.23 bits per heavy atom. The van der Waals surface area contributed by atoms with Gasteiger partial charge in [-0.1, -0.05) is 49.4 Å². The van der Waals surface area contributed by atoms with E-state index < -0.39 is 6.10 Å². The van der Waals surface area contributed by atoms with Gasteiger partial charge >= 0.3 is 0 Å². The van der Waals surface area contributed by atoms with E-state index in [-0.39, 0.29) is 5.78 Å². The lowest BCUT2D eigenvalue weighted by atomic mass is 9.95. The van der Waals surface area contributed by atoms with Crippen molar-refractivity contribution in [3.63, 3.8) is 0 Å². The van der Waals surface area contributed by atoms with Crippen molar-refractivity contribution in [3.05, 3.63) is 65.2 Å². The predicted molar refractivity (Wildman–Crippen MR) is 88.4 cm³/mol. The van der Waals surface area contributed by atoms with Gasteiger partial charge in [-0.15, -0.1) is 0 Å². The maximum Gasteiger partial charge on any atom is 0.182 e. The van der Waals surface area contributed by atoms with Gasteiger partial charge in [0.1, 0.15) is 0 Å². The van der Waals surface area contributed by atoms with Crippen molar-refractivity contribution in [2.24, 2.45) is 0 Å². The number of fused-ring (bicyclic) bond motifs is 1. The third-order valence-corrected chi connectivity index (χ3v) is 4.30. The van der Waals surface area contributed by atoms with Crippen molar-refractivity contribution < 1.29 is 9.90 Å². The number of carbonyl (C=O) groups is 1. The molecule has 3 heteroatoms. The van der Waals surface area contributed by atoms with E-state index in [4.69, 9.17) is 0 Å². The minimum absolute atomic E-state index is 0.113. The Morgan fingerprint density at radius 3 is 2.73 bits per heavy atom. The number of carbonyl (C=O) groups excluding carboxylic acids is 1. The molecule has 0 saturated heterocycles. The van der Waals surface area contributed by atoms with E-state index in [9.17, 15) is 9.90 Å². The topological polar surface area (TPSA) is 40.5 Å². The maximum atomic E-state index is 12.4. The second-order valence-corrected chi connectivity index (χ2v) is 5.76. The van der Waals surface area contributed by atoms with Gasteiger partial charge in [0.25, 0.3) is 0 Å². The third-order valence-electron chi connectivity index (χ3n) is 4.30. The largest absolute Gasteiger partial charge is 0.388 e. The minimum Gasteiger partial charge on any atom is -0.388 e. The van der Waals surface area contributed by atoms with Crippen molar-refractivity contribution in [3.8, 4) is 0 Å². The van der Waals surface area contributed by atoms with Gasteiger partial charge in [0.05, 0.1) is 12.6 Å². The number of rotatable bonds is 4. The van der Waals surface area contributed by atoms with Crippen LogP contribution in [0.15, 0.2) is 48.5 Å². The molecule has 0 fully saturated rings. The van der Waals surface area contributed by atoms with E-state index in [2.05, 4.69) is 24.0 Å². The fourth-order valence-electron chi connectivity index (χ4n) is 2.99. The molecule has 3 nitrogen and oxygen atoms in total. The van der Waals surface area contributed by atoms with Crippen LogP contribution in [0.25, 0.3) is 0 Å². The summed E-state index contributed by atoms with van der Waals surface area (Å²) < 4.78 is 0. The molecule has 1 aliphatic rings. The molecule has 1 atom stereocenters. The van der Waals surface area contributed by atoms with Gasteiger partial charge < -0.3 is 10.0 Å². The molecule has 0 aliphatic carbocycles. The molecule has 1 aliphatic heterocycles. The van der Waals surface area contributed by atoms with Crippen LogP contribution in [0.1, 0.15) is 40.9 Å². The van der Waals surface area contributed by atoms with Crippen molar-refractivity contribution >= 4 is 11.5 Å². The van der Waals surface area contributed by atoms with Crippen LogP contribution in [0.3, 0.4) is 0 Å². The second-order valence-electron chi connectivity index (χ2n) is 5.76. The molecule has 3 rings (SSSR count). The molecule has 0 amide bonds. The Kier molecular flexibility index (Phi) is 4.25. The Labute approximate surface area is 131 Å². The van der Waals surface area contributed by atoms with E-state index in [1.165, 1.54) is 5.56 Å². The van der Waals surface area contributed by atoms with E-state index in [1.807, 2.05) is 36.4 Å². The number of aliphatic hydroxyl groups excluding tert-OH is 1. The fourth-order valence-corrected chi connectivity index (χ4v) is 2.99. The summed E-state index contributed by atoms with van der Waals surface area (Å²) in [4.78, 5) is 14.5. The summed E-state index contributed by atoms with van der Waals surface area (Å²) in [6.45, 7) is 3.17. The molecule has 0 radical (unpaired) electrons. The van der Waals surface area contributed by atoms with Gasteiger partial charge in [0.2, 0.25) is 0 Å². The van der Waals surface area contributed by atoms with Crippen LogP contribution in [0.5, 0.6) is 0 Å². The summed E-state index contributed by atoms with van der Waals surface area (Å²) in [5.41, 5.74) is 3.89. The number of Topliss-reactive ketones (excluding diaryl/α,β-unsaturated/α-hetero) is 1. The number of ketones is 1. The highest BCUT2D eigenvalue weighted by molar-refractivity contribution is 5.99. The molecule has 0 aromatic heterocycles. The summed E-state index contributed by atoms with van der Waals surface area (Å²) in [5.74, 6) is 0.113. The molecule has 0 spiro atoms. The molecule has 1 N–H and O–H groups in total. The highest BCUT2D eigenvalue weighted by atomic mass is 16.3. The van der Waals surface area contributed by atoms with Gasteiger partial charge in [-0.25, -0.2) is 0 Å². The summed E-state index contributed by atoms with van der Waals surface area (Å²) in [7, 11) is 0. The zero-order valence-corrected chi connectivity index (χ0v) is 12.8. The van der Waals surface area contributed by atoms with Crippen LogP contribution >= 0.6 is 0 Å². The third kappa shape index (κ3) is 2.90. The number of anilines is 1. The predicted octanol–water partition coefficient (Wildman–Crippen LogP) is 3.38. The van der Waals surface area contributed by atoms with Crippen LogP contribution in [0.4, 0.5) is 5.69 Å². The van der Waals surface area contributed by atoms with Gasteiger partial charge in [-0.2, -0.15) is 0 Å². The first-order valence-electron chi connectivity index (χ1n) is 7.83. The lowest BCUT2D eigenvalue weighted by Crippen LogP contribution is -2.35. The number of aryl methyl sites for hydroxylation is 1. The maximum absolute atomic E-state index is 12.4. The summed E-state index contributed by atoms with van der Waals surface area (Å²) >= 11 is 0. The Bertz CT molecular complexity index is 666. The van der Waals surface area contributed by atoms with Gasteiger partial charge in [0, 0.05) is 23.4 Å². The smallest absolute Gasteiger partial charge is 0.182 e. The van der Waals surface area contributed by atoms with E-state index in [0.717, 1.165) is 23.2 Å². The molecule has 2 aromatic rings. The van der Waals surface area contributed by atoms with E-state index in [0.29, 0.717) is 19.5 Å². The first kappa shape index (κ1) is 14.8. The Hall–Kier alpha value is -2.13. The Balaban J connectivity index is 1.85. The zero-order chi connectivity index (χ0) is 15.5. The average Bonchev–Trinajstić information content (AvgIpc) is 2.58. The second kappa shape index (κ2) is 6.32.